The van der Waals surface area contributed by atoms with Crippen molar-refractivity contribution in [3.8, 4) is 5.75 Å². The maximum atomic E-state index is 12.6. The van der Waals surface area contributed by atoms with Crippen LogP contribution in [0.25, 0.3) is 0 Å². The summed E-state index contributed by atoms with van der Waals surface area (Å²) in [5.74, 6) is -0.193. The van der Waals surface area contributed by atoms with E-state index in [4.69, 9.17) is 27.9 Å². The number of carbonyl (C=O) groups is 2. The van der Waals surface area contributed by atoms with E-state index in [1.54, 1.807) is 47.4 Å². The van der Waals surface area contributed by atoms with Gasteiger partial charge in [-0.3, -0.25) is 20.4 Å². The molecule has 33 heavy (non-hydrogen) atoms. The first-order chi connectivity index (χ1) is 15.9. The molecule has 0 bridgehead atoms. The summed E-state index contributed by atoms with van der Waals surface area (Å²) >= 11 is 15.8. The molecule has 0 unspecified atom stereocenters. The number of hydrogen-bond donors (Lipinski definition) is 2. The summed E-state index contributed by atoms with van der Waals surface area (Å²) in [6, 6.07) is 19.9. The average molecular weight is 549 g/mol. The molecule has 1 fully saturated rings. The van der Waals surface area contributed by atoms with Gasteiger partial charge in [0.05, 0.1) is 11.6 Å². The fraction of sp³-hybridized carbons (Fsp3) is 0.167. The second-order valence-electron chi connectivity index (χ2n) is 7.51. The normalized spacial score (nSPS) is 15.4. The van der Waals surface area contributed by atoms with E-state index in [2.05, 4.69) is 26.8 Å². The minimum absolute atomic E-state index is 0.0777. The number of hydrogen-bond acceptors (Lipinski definition) is 4. The summed E-state index contributed by atoms with van der Waals surface area (Å²) in [5.41, 5.74) is 7.70. The largest absolute Gasteiger partial charge is 0.489 e. The molecular weight excluding hydrogens is 529 g/mol. The molecule has 1 aliphatic heterocycles. The highest BCUT2D eigenvalue weighted by Crippen LogP contribution is 2.28. The number of amides is 2. The van der Waals surface area contributed by atoms with Crippen molar-refractivity contribution in [3.05, 3.63) is 86.8 Å². The number of nitrogens with zero attached hydrogens (tertiary/aromatic N) is 1. The van der Waals surface area contributed by atoms with Crippen LogP contribution < -0.4 is 20.5 Å². The van der Waals surface area contributed by atoms with Gasteiger partial charge in [-0.1, -0.05) is 51.3 Å². The van der Waals surface area contributed by atoms with E-state index >= 15 is 0 Å². The molecule has 2 N–H and O–H groups in total. The van der Waals surface area contributed by atoms with E-state index in [9.17, 15) is 9.59 Å². The highest BCUT2D eigenvalue weighted by molar-refractivity contribution is 9.10. The van der Waals surface area contributed by atoms with Crippen LogP contribution in [0.4, 0.5) is 11.4 Å². The first-order valence-corrected chi connectivity index (χ1v) is 11.7. The molecule has 1 heterocycles. The topological polar surface area (TPSA) is 70.7 Å². The first kappa shape index (κ1) is 23.4. The summed E-state index contributed by atoms with van der Waals surface area (Å²) in [7, 11) is 0. The molecule has 6 nitrogen and oxygen atoms in total. The van der Waals surface area contributed by atoms with Gasteiger partial charge in [0, 0.05) is 44.8 Å². The standard InChI is InChI=1S/C24H20BrCl2N3O3/c25-16-7-9-18(10-8-16)30-13-15(11-23(30)31)24(32)29-28-17-3-1-4-19(12-17)33-14-20-21(26)5-2-6-22(20)27/h1-10,12,15,28H,11,13-14H2,(H,29,32)/t15-/m1/s1. The summed E-state index contributed by atoms with van der Waals surface area (Å²) < 4.78 is 6.74. The fourth-order valence-corrected chi connectivity index (χ4v) is 4.25. The molecule has 4 rings (SSSR count). The highest BCUT2D eigenvalue weighted by atomic mass is 79.9. The molecule has 0 saturated carbocycles. The van der Waals surface area contributed by atoms with Gasteiger partial charge in [-0.15, -0.1) is 0 Å². The van der Waals surface area contributed by atoms with Crippen LogP contribution in [-0.4, -0.2) is 18.4 Å². The van der Waals surface area contributed by atoms with Gasteiger partial charge in [-0.2, -0.15) is 0 Å². The third-order valence-electron chi connectivity index (χ3n) is 5.24. The van der Waals surface area contributed by atoms with Crippen LogP contribution in [0.15, 0.2) is 71.2 Å². The van der Waals surface area contributed by atoms with E-state index in [0.29, 0.717) is 33.6 Å². The van der Waals surface area contributed by atoms with Crippen LogP contribution in [0.5, 0.6) is 5.75 Å². The molecule has 1 aliphatic rings. The SMILES string of the molecule is O=C(NNc1cccc(OCc2c(Cl)cccc2Cl)c1)[C@@H]1CC(=O)N(c2ccc(Br)cc2)C1. The lowest BCUT2D eigenvalue weighted by atomic mass is 10.1. The van der Waals surface area contributed by atoms with Crippen molar-refractivity contribution in [2.45, 2.75) is 13.0 Å². The summed E-state index contributed by atoms with van der Waals surface area (Å²) in [6.07, 6.45) is 0.158. The average Bonchev–Trinajstić information content (AvgIpc) is 3.19. The van der Waals surface area contributed by atoms with Crippen molar-refractivity contribution in [2.24, 2.45) is 5.92 Å². The molecule has 0 aliphatic carbocycles. The zero-order chi connectivity index (χ0) is 23.4. The number of hydrazine groups is 1. The van der Waals surface area contributed by atoms with E-state index in [-0.39, 0.29) is 24.8 Å². The molecule has 9 heteroatoms. The Morgan fingerprint density at radius 2 is 1.76 bits per heavy atom. The molecule has 3 aromatic carbocycles. The number of ether oxygens (including phenoxy) is 1. The Morgan fingerprint density at radius 3 is 2.48 bits per heavy atom. The zero-order valence-corrected chi connectivity index (χ0v) is 20.5. The lowest BCUT2D eigenvalue weighted by Gasteiger charge is -2.17. The van der Waals surface area contributed by atoms with Crippen LogP contribution >= 0.6 is 39.1 Å². The van der Waals surface area contributed by atoms with Crippen molar-refractivity contribution in [1.82, 2.24) is 5.43 Å². The molecule has 170 valence electrons. The third kappa shape index (κ3) is 5.79. The summed E-state index contributed by atoms with van der Waals surface area (Å²) in [6.45, 7) is 0.542. The molecule has 3 aromatic rings. The van der Waals surface area contributed by atoms with Crippen LogP contribution in [-0.2, 0) is 16.2 Å². The van der Waals surface area contributed by atoms with Gasteiger partial charge in [-0.05, 0) is 48.5 Å². The molecule has 1 saturated heterocycles. The lowest BCUT2D eigenvalue weighted by molar-refractivity contribution is -0.125. The van der Waals surface area contributed by atoms with Crippen LogP contribution in [0, 0.1) is 5.92 Å². The van der Waals surface area contributed by atoms with Crippen molar-refractivity contribution in [2.75, 3.05) is 16.9 Å². The number of nitrogens with one attached hydrogen (secondary N) is 2. The summed E-state index contributed by atoms with van der Waals surface area (Å²) in [4.78, 5) is 26.7. The lowest BCUT2D eigenvalue weighted by Crippen LogP contribution is -2.36. The van der Waals surface area contributed by atoms with E-state index in [1.807, 2.05) is 24.3 Å². The molecular formula is C24H20BrCl2N3O3. The minimum atomic E-state index is -0.449. The Balaban J connectivity index is 1.32. The molecule has 1 atom stereocenters. The number of benzene rings is 3. The quantitative estimate of drug-likeness (QED) is 0.364. The molecule has 2 amide bonds. The smallest absolute Gasteiger partial charge is 0.243 e. The fourth-order valence-electron chi connectivity index (χ4n) is 3.48. The first-order valence-electron chi connectivity index (χ1n) is 10.2. The van der Waals surface area contributed by atoms with Gasteiger partial charge >= 0.3 is 0 Å². The molecule has 0 spiro atoms. The second kappa shape index (κ2) is 10.5. The van der Waals surface area contributed by atoms with Crippen molar-refractivity contribution in [1.29, 1.82) is 0 Å². The van der Waals surface area contributed by atoms with Crippen LogP contribution in [0.2, 0.25) is 10.0 Å². The monoisotopic (exact) mass is 547 g/mol. The molecule has 0 aromatic heterocycles. The van der Waals surface area contributed by atoms with Gasteiger partial charge in [0.25, 0.3) is 0 Å². The number of carbonyl (C=O) groups excluding carboxylic acids is 2. The maximum Gasteiger partial charge on any atom is 0.243 e. The number of anilines is 2. The van der Waals surface area contributed by atoms with Gasteiger partial charge in [-0.25, -0.2) is 0 Å². The van der Waals surface area contributed by atoms with E-state index in [0.717, 1.165) is 10.2 Å². The zero-order valence-electron chi connectivity index (χ0n) is 17.4. The maximum absolute atomic E-state index is 12.6. The number of rotatable bonds is 7. The van der Waals surface area contributed by atoms with Crippen molar-refractivity contribution < 1.29 is 14.3 Å². The second-order valence-corrected chi connectivity index (χ2v) is 9.24. The van der Waals surface area contributed by atoms with Crippen LogP contribution in [0.3, 0.4) is 0 Å². The van der Waals surface area contributed by atoms with Crippen molar-refractivity contribution >= 4 is 62.3 Å². The molecule has 0 radical (unpaired) electrons. The van der Waals surface area contributed by atoms with Gasteiger partial charge in [0.2, 0.25) is 11.8 Å². The summed E-state index contributed by atoms with van der Waals surface area (Å²) in [5, 5.41) is 1.07. The predicted octanol–water partition coefficient (Wildman–Crippen LogP) is 5.83. The van der Waals surface area contributed by atoms with Crippen LogP contribution in [0.1, 0.15) is 12.0 Å². The van der Waals surface area contributed by atoms with Gasteiger partial charge < -0.3 is 9.64 Å². The minimum Gasteiger partial charge on any atom is -0.489 e. The Bertz CT molecular complexity index is 1150. The Kier molecular flexibility index (Phi) is 7.42. The van der Waals surface area contributed by atoms with Crippen molar-refractivity contribution in [3.63, 3.8) is 0 Å². The number of halogens is 3. The Hall–Kier alpha value is -2.74. The van der Waals surface area contributed by atoms with E-state index in [1.165, 1.54) is 0 Å². The Labute approximate surface area is 209 Å². The van der Waals surface area contributed by atoms with E-state index < -0.39 is 5.92 Å². The third-order valence-corrected chi connectivity index (χ3v) is 6.48. The van der Waals surface area contributed by atoms with Gasteiger partial charge in [0.1, 0.15) is 12.4 Å². The highest BCUT2D eigenvalue weighted by Gasteiger charge is 2.35. The predicted molar refractivity (Wildman–Crippen MR) is 134 cm³/mol. The Morgan fingerprint density at radius 1 is 1.06 bits per heavy atom. The van der Waals surface area contributed by atoms with Gasteiger partial charge in [0.15, 0.2) is 0 Å².